The second-order valence-electron chi connectivity index (χ2n) is 3.70. The fraction of sp³-hybridized carbons (Fsp3) is 0.333. The number of primary amides is 1. The van der Waals surface area contributed by atoms with Crippen molar-refractivity contribution in [3.05, 3.63) is 34.3 Å². The van der Waals surface area contributed by atoms with Crippen molar-refractivity contribution in [1.29, 1.82) is 0 Å². The van der Waals surface area contributed by atoms with Crippen molar-refractivity contribution in [1.82, 2.24) is 4.90 Å². The van der Waals surface area contributed by atoms with E-state index in [1.807, 2.05) is 24.3 Å². The molecule has 0 fully saturated rings. The molecule has 1 rings (SSSR count). The number of hydrogen-bond acceptors (Lipinski definition) is 2. The molecule has 1 aromatic rings. The standard InChI is InChI=1S/C12H15BrN2O2/c1-2-12(17)15(8-11(14)16)7-9-3-5-10(13)6-4-9/h3-6H,2,7-8H2,1H3,(H2,14,16). The molecular formula is C12H15BrN2O2. The van der Waals surface area contributed by atoms with Gasteiger partial charge in [0, 0.05) is 17.4 Å². The molecule has 0 saturated heterocycles. The summed E-state index contributed by atoms with van der Waals surface area (Å²) < 4.78 is 0.976. The average Bonchev–Trinajstić information content (AvgIpc) is 2.29. The van der Waals surface area contributed by atoms with Crippen molar-refractivity contribution in [3.8, 4) is 0 Å². The van der Waals surface area contributed by atoms with Gasteiger partial charge in [-0.2, -0.15) is 0 Å². The van der Waals surface area contributed by atoms with Gasteiger partial charge in [0.1, 0.15) is 0 Å². The van der Waals surface area contributed by atoms with E-state index in [1.165, 1.54) is 4.90 Å². The fourth-order valence-electron chi connectivity index (χ4n) is 1.45. The largest absolute Gasteiger partial charge is 0.368 e. The van der Waals surface area contributed by atoms with Crippen LogP contribution in [-0.4, -0.2) is 23.3 Å². The van der Waals surface area contributed by atoms with Gasteiger partial charge in [-0.25, -0.2) is 0 Å². The van der Waals surface area contributed by atoms with E-state index in [2.05, 4.69) is 15.9 Å². The zero-order valence-corrected chi connectivity index (χ0v) is 11.2. The number of hydrogen-bond donors (Lipinski definition) is 1. The van der Waals surface area contributed by atoms with Crippen LogP contribution in [0.2, 0.25) is 0 Å². The van der Waals surface area contributed by atoms with Gasteiger partial charge in [0.2, 0.25) is 11.8 Å². The summed E-state index contributed by atoms with van der Waals surface area (Å²) in [6, 6.07) is 7.60. The van der Waals surface area contributed by atoms with Gasteiger partial charge in [0.25, 0.3) is 0 Å². The SMILES string of the molecule is CCC(=O)N(CC(N)=O)Cc1ccc(Br)cc1. The monoisotopic (exact) mass is 298 g/mol. The average molecular weight is 299 g/mol. The molecule has 0 unspecified atom stereocenters. The summed E-state index contributed by atoms with van der Waals surface area (Å²) in [6.45, 7) is 2.13. The molecule has 4 nitrogen and oxygen atoms in total. The third-order valence-electron chi connectivity index (χ3n) is 2.29. The van der Waals surface area contributed by atoms with E-state index in [0.29, 0.717) is 13.0 Å². The van der Waals surface area contributed by atoms with Gasteiger partial charge in [-0.15, -0.1) is 0 Å². The highest BCUT2D eigenvalue weighted by Crippen LogP contribution is 2.12. The van der Waals surface area contributed by atoms with Gasteiger partial charge in [0.05, 0.1) is 6.54 Å². The molecular weight excluding hydrogens is 284 g/mol. The summed E-state index contributed by atoms with van der Waals surface area (Å²) in [5.41, 5.74) is 6.09. The van der Waals surface area contributed by atoms with E-state index >= 15 is 0 Å². The Labute approximate surface area is 109 Å². The Balaban J connectivity index is 2.75. The number of amides is 2. The maximum Gasteiger partial charge on any atom is 0.237 e. The molecule has 0 aliphatic carbocycles. The Hall–Kier alpha value is -1.36. The van der Waals surface area contributed by atoms with Crippen LogP contribution < -0.4 is 5.73 Å². The van der Waals surface area contributed by atoms with Gasteiger partial charge < -0.3 is 10.6 Å². The van der Waals surface area contributed by atoms with Crippen LogP contribution in [0, 0.1) is 0 Å². The minimum atomic E-state index is -0.496. The lowest BCUT2D eigenvalue weighted by Gasteiger charge is -2.20. The van der Waals surface area contributed by atoms with Crippen LogP contribution in [0.25, 0.3) is 0 Å². The topological polar surface area (TPSA) is 63.4 Å². The van der Waals surface area contributed by atoms with Crippen LogP contribution >= 0.6 is 15.9 Å². The molecule has 92 valence electrons. The lowest BCUT2D eigenvalue weighted by molar-refractivity contribution is -0.135. The molecule has 2 amide bonds. The summed E-state index contributed by atoms with van der Waals surface area (Å²) in [5, 5.41) is 0. The smallest absolute Gasteiger partial charge is 0.237 e. The number of carbonyl (C=O) groups is 2. The van der Waals surface area contributed by atoms with Crippen molar-refractivity contribution in [3.63, 3.8) is 0 Å². The molecule has 0 atom stereocenters. The summed E-state index contributed by atoms with van der Waals surface area (Å²) in [5.74, 6) is -0.573. The second-order valence-corrected chi connectivity index (χ2v) is 4.61. The van der Waals surface area contributed by atoms with Gasteiger partial charge >= 0.3 is 0 Å². The molecule has 0 radical (unpaired) electrons. The molecule has 0 aromatic heterocycles. The van der Waals surface area contributed by atoms with Gasteiger partial charge in [-0.1, -0.05) is 35.0 Å². The predicted octanol–water partition coefficient (Wildman–Crippen LogP) is 1.67. The number of benzene rings is 1. The van der Waals surface area contributed by atoms with Crippen molar-refractivity contribution in [2.45, 2.75) is 19.9 Å². The molecule has 0 saturated carbocycles. The molecule has 0 aliphatic rings. The fourth-order valence-corrected chi connectivity index (χ4v) is 1.72. The van der Waals surface area contributed by atoms with Crippen LogP contribution in [0.15, 0.2) is 28.7 Å². The van der Waals surface area contributed by atoms with Crippen LogP contribution in [0.3, 0.4) is 0 Å². The second kappa shape index (κ2) is 6.39. The Morgan fingerprint density at radius 1 is 1.29 bits per heavy atom. The first-order valence-electron chi connectivity index (χ1n) is 5.33. The minimum Gasteiger partial charge on any atom is -0.368 e. The summed E-state index contributed by atoms with van der Waals surface area (Å²) in [6.07, 6.45) is 0.365. The Kier molecular flexibility index (Phi) is 5.15. The Bertz CT molecular complexity index is 403. The van der Waals surface area contributed by atoms with Crippen LogP contribution in [0.5, 0.6) is 0 Å². The lowest BCUT2D eigenvalue weighted by Crippen LogP contribution is -2.37. The number of carbonyl (C=O) groups excluding carboxylic acids is 2. The lowest BCUT2D eigenvalue weighted by atomic mass is 10.2. The van der Waals surface area contributed by atoms with Crippen molar-refractivity contribution in [2.24, 2.45) is 5.73 Å². The normalized spacial score (nSPS) is 10.0. The van der Waals surface area contributed by atoms with Gasteiger partial charge in [0.15, 0.2) is 0 Å². The third-order valence-corrected chi connectivity index (χ3v) is 2.82. The predicted molar refractivity (Wildman–Crippen MR) is 69.0 cm³/mol. The van der Waals surface area contributed by atoms with E-state index < -0.39 is 5.91 Å². The number of nitrogens with two attached hydrogens (primary N) is 1. The molecule has 0 bridgehead atoms. The highest BCUT2D eigenvalue weighted by molar-refractivity contribution is 9.10. The minimum absolute atomic E-state index is 0.0390. The van der Waals surface area contributed by atoms with E-state index in [4.69, 9.17) is 5.73 Å². The van der Waals surface area contributed by atoms with Crippen molar-refractivity contribution < 1.29 is 9.59 Å². The Morgan fingerprint density at radius 2 is 1.88 bits per heavy atom. The molecule has 1 aromatic carbocycles. The summed E-state index contributed by atoms with van der Waals surface area (Å²) >= 11 is 3.34. The Morgan fingerprint density at radius 3 is 2.35 bits per heavy atom. The zero-order chi connectivity index (χ0) is 12.8. The highest BCUT2D eigenvalue weighted by atomic mass is 79.9. The zero-order valence-electron chi connectivity index (χ0n) is 9.65. The van der Waals surface area contributed by atoms with E-state index in [9.17, 15) is 9.59 Å². The van der Waals surface area contributed by atoms with Crippen molar-refractivity contribution in [2.75, 3.05) is 6.54 Å². The molecule has 0 spiro atoms. The number of halogens is 1. The van der Waals surface area contributed by atoms with Crippen LogP contribution in [0.1, 0.15) is 18.9 Å². The molecule has 2 N–H and O–H groups in total. The van der Waals surface area contributed by atoms with Gasteiger partial charge in [-0.3, -0.25) is 9.59 Å². The maximum atomic E-state index is 11.6. The van der Waals surface area contributed by atoms with E-state index in [0.717, 1.165) is 10.0 Å². The van der Waals surface area contributed by atoms with Crippen LogP contribution in [-0.2, 0) is 16.1 Å². The first-order valence-corrected chi connectivity index (χ1v) is 6.12. The first kappa shape index (κ1) is 13.7. The third kappa shape index (κ3) is 4.56. The summed E-state index contributed by atoms with van der Waals surface area (Å²) in [4.78, 5) is 24.0. The van der Waals surface area contributed by atoms with Crippen LogP contribution in [0.4, 0.5) is 0 Å². The quantitative estimate of drug-likeness (QED) is 0.899. The summed E-state index contributed by atoms with van der Waals surface area (Å²) in [7, 11) is 0. The van der Waals surface area contributed by atoms with Crippen molar-refractivity contribution >= 4 is 27.7 Å². The number of rotatable bonds is 5. The molecule has 0 aliphatic heterocycles. The maximum absolute atomic E-state index is 11.6. The molecule has 5 heteroatoms. The molecule has 17 heavy (non-hydrogen) atoms. The first-order chi connectivity index (χ1) is 8.02. The molecule has 0 heterocycles. The number of nitrogens with zero attached hydrogens (tertiary/aromatic N) is 1. The van der Waals surface area contributed by atoms with E-state index in [-0.39, 0.29) is 12.5 Å². The van der Waals surface area contributed by atoms with Gasteiger partial charge in [-0.05, 0) is 17.7 Å². The highest BCUT2D eigenvalue weighted by Gasteiger charge is 2.14. The van der Waals surface area contributed by atoms with E-state index in [1.54, 1.807) is 6.92 Å².